The van der Waals surface area contributed by atoms with Crippen molar-refractivity contribution in [1.29, 1.82) is 0 Å². The SMILES string of the molecule is CCCCNC(=O)[C@H](Cc1ccccc1)N(Cc1ccccc1)C(=O)CN(c1ccccc1)S(C)(=O)=O. The number of nitrogens with one attached hydrogen (secondary N) is 1. The highest BCUT2D eigenvalue weighted by Crippen LogP contribution is 2.20. The lowest BCUT2D eigenvalue weighted by Gasteiger charge is -2.33. The van der Waals surface area contributed by atoms with Crippen LogP contribution < -0.4 is 9.62 Å². The average Bonchev–Trinajstić information content (AvgIpc) is 2.90. The number of anilines is 1. The number of benzene rings is 3. The van der Waals surface area contributed by atoms with E-state index in [1.54, 1.807) is 30.3 Å². The Kier molecular flexibility index (Phi) is 10.3. The molecule has 0 heterocycles. The lowest BCUT2D eigenvalue weighted by atomic mass is 10.0. The molecule has 196 valence electrons. The number of rotatable bonds is 13. The summed E-state index contributed by atoms with van der Waals surface area (Å²) in [6, 6.07) is 26.6. The van der Waals surface area contributed by atoms with E-state index in [0.717, 1.165) is 34.5 Å². The molecule has 0 unspecified atom stereocenters. The molecule has 3 aromatic rings. The van der Waals surface area contributed by atoms with Gasteiger partial charge in [-0.15, -0.1) is 0 Å². The van der Waals surface area contributed by atoms with E-state index in [1.165, 1.54) is 4.90 Å². The second-order valence-electron chi connectivity index (χ2n) is 8.96. The second-order valence-corrected chi connectivity index (χ2v) is 10.9. The number of carbonyl (C=O) groups is 2. The molecule has 3 rings (SSSR count). The predicted molar refractivity (Wildman–Crippen MR) is 147 cm³/mol. The van der Waals surface area contributed by atoms with Crippen molar-refractivity contribution < 1.29 is 18.0 Å². The van der Waals surface area contributed by atoms with Gasteiger partial charge in [-0.3, -0.25) is 13.9 Å². The summed E-state index contributed by atoms with van der Waals surface area (Å²) in [4.78, 5) is 28.9. The molecule has 0 aliphatic heterocycles. The third-order valence-corrected chi connectivity index (χ3v) is 7.16. The maximum atomic E-state index is 13.9. The fourth-order valence-corrected chi connectivity index (χ4v) is 4.90. The lowest BCUT2D eigenvalue weighted by molar-refractivity contribution is -0.140. The quantitative estimate of drug-likeness (QED) is 0.345. The summed E-state index contributed by atoms with van der Waals surface area (Å²) in [5.74, 6) is -0.711. The molecule has 0 saturated heterocycles. The van der Waals surface area contributed by atoms with Crippen LogP contribution in [0.2, 0.25) is 0 Å². The minimum atomic E-state index is -3.76. The fraction of sp³-hybridized carbons (Fsp3) is 0.310. The maximum absolute atomic E-state index is 13.9. The zero-order valence-corrected chi connectivity index (χ0v) is 22.2. The first-order valence-corrected chi connectivity index (χ1v) is 14.3. The van der Waals surface area contributed by atoms with Crippen molar-refractivity contribution in [3.63, 3.8) is 0 Å². The summed E-state index contributed by atoms with van der Waals surface area (Å²) in [5.41, 5.74) is 2.15. The molecular formula is C29H35N3O4S. The number of amides is 2. The van der Waals surface area contributed by atoms with Gasteiger partial charge in [0.05, 0.1) is 11.9 Å². The van der Waals surface area contributed by atoms with Gasteiger partial charge in [0.25, 0.3) is 0 Å². The normalized spacial score (nSPS) is 11.9. The van der Waals surface area contributed by atoms with E-state index < -0.39 is 28.5 Å². The number of hydrogen-bond acceptors (Lipinski definition) is 4. The van der Waals surface area contributed by atoms with Crippen LogP contribution in [0.25, 0.3) is 0 Å². The van der Waals surface area contributed by atoms with Crippen LogP contribution in [-0.4, -0.2) is 50.5 Å². The molecule has 1 N–H and O–H groups in total. The van der Waals surface area contributed by atoms with Gasteiger partial charge >= 0.3 is 0 Å². The summed E-state index contributed by atoms with van der Waals surface area (Å²) >= 11 is 0. The van der Waals surface area contributed by atoms with Crippen molar-refractivity contribution in [3.05, 3.63) is 102 Å². The van der Waals surface area contributed by atoms with E-state index in [-0.39, 0.29) is 12.5 Å². The van der Waals surface area contributed by atoms with Crippen LogP contribution in [-0.2, 0) is 32.6 Å². The monoisotopic (exact) mass is 521 g/mol. The highest BCUT2D eigenvalue weighted by Gasteiger charge is 2.32. The topological polar surface area (TPSA) is 86.8 Å². The molecule has 0 radical (unpaired) electrons. The number of sulfonamides is 1. The summed E-state index contributed by atoms with van der Waals surface area (Å²) in [7, 11) is -3.76. The van der Waals surface area contributed by atoms with Crippen molar-refractivity contribution >= 4 is 27.5 Å². The van der Waals surface area contributed by atoms with Crippen LogP contribution >= 0.6 is 0 Å². The van der Waals surface area contributed by atoms with E-state index in [2.05, 4.69) is 5.32 Å². The molecule has 0 fully saturated rings. The van der Waals surface area contributed by atoms with E-state index in [0.29, 0.717) is 18.7 Å². The summed E-state index contributed by atoms with van der Waals surface area (Å²) in [6.45, 7) is 2.31. The number of para-hydroxylation sites is 1. The molecular weight excluding hydrogens is 486 g/mol. The van der Waals surface area contributed by atoms with Crippen LogP contribution in [0.1, 0.15) is 30.9 Å². The fourth-order valence-electron chi connectivity index (χ4n) is 4.05. The Morgan fingerprint density at radius 3 is 1.92 bits per heavy atom. The van der Waals surface area contributed by atoms with Gasteiger partial charge in [-0.1, -0.05) is 92.2 Å². The minimum absolute atomic E-state index is 0.171. The number of unbranched alkanes of at least 4 members (excludes halogenated alkanes) is 1. The molecule has 0 aliphatic carbocycles. The maximum Gasteiger partial charge on any atom is 0.244 e. The summed E-state index contributed by atoms with van der Waals surface area (Å²) in [5, 5.41) is 2.98. The molecule has 7 nitrogen and oxygen atoms in total. The Hall–Kier alpha value is -3.65. The van der Waals surface area contributed by atoms with Crippen LogP contribution in [0, 0.1) is 0 Å². The molecule has 0 aliphatic rings. The molecule has 0 aromatic heterocycles. The highest BCUT2D eigenvalue weighted by molar-refractivity contribution is 7.92. The second kappa shape index (κ2) is 13.6. The van der Waals surface area contributed by atoms with Crippen molar-refractivity contribution in [2.45, 2.75) is 38.8 Å². The van der Waals surface area contributed by atoms with E-state index in [4.69, 9.17) is 0 Å². The van der Waals surface area contributed by atoms with E-state index >= 15 is 0 Å². The van der Waals surface area contributed by atoms with Gasteiger partial charge in [0.15, 0.2) is 0 Å². The standard InChI is InChI=1S/C29H35N3O4S/c1-3-4-20-30-29(34)27(21-24-14-8-5-9-15-24)31(22-25-16-10-6-11-17-25)28(33)23-32(37(2,35)36)26-18-12-7-13-19-26/h5-19,27H,3-4,20-23H2,1-2H3,(H,30,34)/t27-/m0/s1. The highest BCUT2D eigenvalue weighted by atomic mass is 32.2. The third kappa shape index (κ3) is 8.46. The Morgan fingerprint density at radius 2 is 1.38 bits per heavy atom. The Bertz CT molecular complexity index is 1240. The molecule has 2 amide bonds. The van der Waals surface area contributed by atoms with Crippen molar-refractivity contribution in [1.82, 2.24) is 10.2 Å². The van der Waals surface area contributed by atoms with Crippen molar-refractivity contribution in [2.24, 2.45) is 0 Å². The zero-order valence-electron chi connectivity index (χ0n) is 21.4. The first-order chi connectivity index (χ1) is 17.8. The summed E-state index contributed by atoms with van der Waals surface area (Å²) < 4.78 is 26.5. The molecule has 0 saturated carbocycles. The smallest absolute Gasteiger partial charge is 0.244 e. The van der Waals surface area contributed by atoms with Gasteiger partial charge in [0, 0.05) is 19.5 Å². The van der Waals surface area contributed by atoms with Gasteiger partial charge in [-0.2, -0.15) is 0 Å². The van der Waals surface area contributed by atoms with Gasteiger partial charge in [-0.05, 0) is 29.7 Å². The number of hydrogen-bond donors (Lipinski definition) is 1. The Morgan fingerprint density at radius 1 is 0.838 bits per heavy atom. The van der Waals surface area contributed by atoms with Gasteiger partial charge in [0.1, 0.15) is 12.6 Å². The average molecular weight is 522 g/mol. The first-order valence-electron chi connectivity index (χ1n) is 12.5. The van der Waals surface area contributed by atoms with Crippen LogP contribution in [0.5, 0.6) is 0 Å². The Labute approximate surface area is 220 Å². The Balaban J connectivity index is 1.99. The first kappa shape index (κ1) is 27.9. The zero-order chi connectivity index (χ0) is 26.7. The molecule has 37 heavy (non-hydrogen) atoms. The lowest BCUT2D eigenvalue weighted by Crippen LogP contribution is -2.53. The number of nitrogens with zero attached hydrogens (tertiary/aromatic N) is 2. The molecule has 0 bridgehead atoms. The molecule has 0 spiro atoms. The largest absolute Gasteiger partial charge is 0.354 e. The number of carbonyl (C=O) groups excluding carboxylic acids is 2. The minimum Gasteiger partial charge on any atom is -0.354 e. The molecule has 8 heteroatoms. The van der Waals surface area contributed by atoms with Gasteiger partial charge in [0.2, 0.25) is 21.8 Å². The summed E-state index contributed by atoms with van der Waals surface area (Å²) in [6.07, 6.45) is 3.14. The third-order valence-electron chi connectivity index (χ3n) is 6.02. The molecule has 1 atom stereocenters. The van der Waals surface area contributed by atoms with Gasteiger partial charge in [-0.25, -0.2) is 8.42 Å². The predicted octanol–water partition coefficient (Wildman–Crippen LogP) is 4.01. The van der Waals surface area contributed by atoms with Crippen molar-refractivity contribution in [3.8, 4) is 0 Å². The van der Waals surface area contributed by atoms with Crippen LogP contribution in [0.4, 0.5) is 5.69 Å². The van der Waals surface area contributed by atoms with Crippen LogP contribution in [0.3, 0.4) is 0 Å². The van der Waals surface area contributed by atoms with Crippen LogP contribution in [0.15, 0.2) is 91.0 Å². The van der Waals surface area contributed by atoms with E-state index in [9.17, 15) is 18.0 Å². The van der Waals surface area contributed by atoms with Crippen molar-refractivity contribution in [2.75, 3.05) is 23.7 Å². The van der Waals surface area contributed by atoms with Gasteiger partial charge < -0.3 is 10.2 Å². The molecule has 3 aromatic carbocycles. The van der Waals surface area contributed by atoms with E-state index in [1.807, 2.05) is 67.6 Å².